The van der Waals surface area contributed by atoms with Gasteiger partial charge in [-0.25, -0.2) is 9.59 Å². The second-order valence-electron chi connectivity index (χ2n) is 15.8. The molecule has 0 unspecified atom stereocenters. The summed E-state index contributed by atoms with van der Waals surface area (Å²) in [5.74, 6) is 0.240. The van der Waals surface area contributed by atoms with Crippen LogP contribution in [-0.4, -0.2) is 71.6 Å². The van der Waals surface area contributed by atoms with Gasteiger partial charge in [0.25, 0.3) is 0 Å². The van der Waals surface area contributed by atoms with E-state index in [1.165, 1.54) is 36.9 Å². The molecule has 2 atom stereocenters. The number of hydrogen-bond donors (Lipinski definition) is 1. The van der Waals surface area contributed by atoms with E-state index in [0.29, 0.717) is 42.5 Å². The lowest BCUT2D eigenvalue weighted by molar-refractivity contribution is 0.164. The second kappa shape index (κ2) is 18.2. The maximum atomic E-state index is 13.8. The minimum absolute atomic E-state index is 0.194. The molecule has 0 aliphatic heterocycles. The van der Waals surface area contributed by atoms with Gasteiger partial charge >= 0.3 is 12.2 Å². The number of nitrogens with zero attached hydrogens (tertiary/aromatic N) is 5. The molecule has 0 bridgehead atoms. The maximum Gasteiger partial charge on any atom is 0.415 e. The molecule has 0 saturated heterocycles. The van der Waals surface area contributed by atoms with Crippen LogP contribution in [0.3, 0.4) is 0 Å². The van der Waals surface area contributed by atoms with Crippen molar-refractivity contribution >= 4 is 44.9 Å². The van der Waals surface area contributed by atoms with Crippen molar-refractivity contribution in [1.29, 1.82) is 0 Å². The zero-order chi connectivity index (χ0) is 39.8. The highest BCUT2D eigenvalue weighted by molar-refractivity contribution is 7.14. The van der Waals surface area contributed by atoms with E-state index in [9.17, 15) is 14.7 Å². The molecule has 0 radical (unpaired) electrons. The molecule has 12 heteroatoms. The summed E-state index contributed by atoms with van der Waals surface area (Å²) in [6.45, 7) is 13.9. The van der Waals surface area contributed by atoms with Gasteiger partial charge in [-0.3, -0.25) is 24.7 Å². The smallest absolute Gasteiger partial charge is 0.415 e. The number of thiazole rings is 2. The van der Waals surface area contributed by atoms with Gasteiger partial charge in [-0.2, -0.15) is 0 Å². The number of aromatic nitrogens is 2. The van der Waals surface area contributed by atoms with E-state index in [4.69, 9.17) is 9.47 Å². The number of rotatable bonds is 14. The Kier molecular flexibility index (Phi) is 13.7. The first-order valence-corrected chi connectivity index (χ1v) is 20.1. The summed E-state index contributed by atoms with van der Waals surface area (Å²) in [5.41, 5.74) is 7.68. The summed E-state index contributed by atoms with van der Waals surface area (Å²) in [6.07, 6.45) is 3.37. The third kappa shape index (κ3) is 10.7. The number of carbonyl (C=O) groups is 2. The Labute approximate surface area is 333 Å². The van der Waals surface area contributed by atoms with Gasteiger partial charge in [-0.15, -0.1) is 22.7 Å². The summed E-state index contributed by atoms with van der Waals surface area (Å²) >= 11 is 2.73. The predicted octanol–water partition coefficient (Wildman–Crippen LogP) is 9.47. The number of hydrogen-bond acceptors (Lipinski definition) is 10. The fourth-order valence-electron chi connectivity index (χ4n) is 6.80. The Morgan fingerprint density at radius 3 is 1.53 bits per heavy atom. The SMILES string of the molecule is COC(=O)N(c1cncs1)[C@@H](Cc1ccccc1)CN(Cc1cc(C(C)(C)C)cc(C(C)(C)C)c1O)C[C@H](Cc1ccccc1)N(C(=O)OC)c1cncs1. The molecule has 2 aromatic heterocycles. The molecule has 5 rings (SSSR count). The molecule has 2 heterocycles. The normalized spacial score (nSPS) is 13.0. The Morgan fingerprint density at radius 2 is 1.16 bits per heavy atom. The predicted molar refractivity (Wildman–Crippen MR) is 223 cm³/mol. The molecular weight excluding hydrogens is 731 g/mol. The van der Waals surface area contributed by atoms with Crippen molar-refractivity contribution in [3.8, 4) is 5.75 Å². The Bertz CT molecular complexity index is 1860. The summed E-state index contributed by atoms with van der Waals surface area (Å²) < 4.78 is 10.8. The maximum absolute atomic E-state index is 13.8. The number of carbonyl (C=O) groups excluding carboxylic acids is 2. The van der Waals surface area contributed by atoms with E-state index < -0.39 is 24.3 Å². The van der Waals surface area contributed by atoms with Crippen LogP contribution in [0.25, 0.3) is 0 Å². The number of phenolic OH excluding ortho intramolecular Hbond substituents is 1. The molecule has 1 N–H and O–H groups in total. The van der Waals surface area contributed by atoms with Gasteiger partial charge < -0.3 is 14.6 Å². The average molecular weight is 784 g/mol. The van der Waals surface area contributed by atoms with Crippen LogP contribution in [0.2, 0.25) is 0 Å². The highest BCUT2D eigenvalue weighted by atomic mass is 32.1. The molecule has 292 valence electrons. The molecule has 0 aliphatic rings. The van der Waals surface area contributed by atoms with Crippen LogP contribution in [0.1, 0.15) is 69.4 Å². The number of anilines is 2. The minimum Gasteiger partial charge on any atom is -0.507 e. The van der Waals surface area contributed by atoms with Crippen LogP contribution in [0.4, 0.5) is 19.6 Å². The molecule has 0 saturated carbocycles. The van der Waals surface area contributed by atoms with Gasteiger partial charge in [0, 0.05) is 25.2 Å². The van der Waals surface area contributed by atoms with Crippen LogP contribution in [-0.2, 0) is 39.7 Å². The summed E-state index contributed by atoms with van der Waals surface area (Å²) in [5, 5.41) is 13.4. The molecule has 0 aliphatic carbocycles. The van der Waals surface area contributed by atoms with Crippen molar-refractivity contribution in [2.24, 2.45) is 0 Å². The summed E-state index contributed by atoms with van der Waals surface area (Å²) in [7, 11) is 2.77. The lowest BCUT2D eigenvalue weighted by Crippen LogP contribution is -2.53. The Morgan fingerprint density at radius 1 is 0.709 bits per heavy atom. The van der Waals surface area contributed by atoms with E-state index in [1.807, 2.05) is 36.4 Å². The Balaban J connectivity index is 1.69. The first-order valence-electron chi connectivity index (χ1n) is 18.4. The van der Waals surface area contributed by atoms with E-state index in [2.05, 4.69) is 92.8 Å². The molecule has 55 heavy (non-hydrogen) atoms. The number of aromatic hydroxyl groups is 1. The second-order valence-corrected chi connectivity index (χ2v) is 17.5. The van der Waals surface area contributed by atoms with E-state index in [1.54, 1.807) is 33.2 Å². The first kappa shape index (κ1) is 41.4. The van der Waals surface area contributed by atoms with Crippen molar-refractivity contribution in [2.75, 3.05) is 37.1 Å². The third-order valence-electron chi connectivity index (χ3n) is 9.61. The number of ether oxygens (including phenoxy) is 2. The van der Waals surface area contributed by atoms with Gasteiger partial charge in [0.1, 0.15) is 15.8 Å². The van der Waals surface area contributed by atoms with Gasteiger partial charge in [0.05, 0.1) is 49.7 Å². The van der Waals surface area contributed by atoms with Crippen molar-refractivity contribution in [3.63, 3.8) is 0 Å². The van der Waals surface area contributed by atoms with Crippen LogP contribution >= 0.6 is 22.7 Å². The van der Waals surface area contributed by atoms with Crippen molar-refractivity contribution in [2.45, 2.75) is 83.8 Å². The Hall–Kier alpha value is -4.78. The first-order chi connectivity index (χ1) is 26.2. The largest absolute Gasteiger partial charge is 0.507 e. The van der Waals surface area contributed by atoms with Crippen LogP contribution in [0, 0.1) is 0 Å². The number of amides is 2. The quantitative estimate of drug-likeness (QED) is 0.119. The molecule has 0 fully saturated rings. The van der Waals surface area contributed by atoms with E-state index >= 15 is 0 Å². The molecule has 10 nitrogen and oxygen atoms in total. The number of benzene rings is 3. The standard InChI is InChI=1S/C43H53N5O5S2/c1-42(2,3)33-21-32(39(49)36(22-33)43(4,5)6)25-46(26-34(19-30-15-11-9-12-16-30)47(40(50)52-7)37-23-44-28-54-37)27-35(20-31-17-13-10-14-18-31)48(41(51)53-8)38-24-45-29-55-38/h9-18,21-24,28-29,34-35,49H,19-20,25-27H2,1-8H3/t34-,35-/m0/s1. The molecule has 2 amide bonds. The fraction of sp³-hybridized carbons (Fsp3) is 0.395. The molecular formula is C43H53N5O5S2. The van der Waals surface area contributed by atoms with E-state index in [0.717, 1.165) is 27.8 Å². The zero-order valence-electron chi connectivity index (χ0n) is 33.1. The van der Waals surface area contributed by atoms with Crippen molar-refractivity contribution < 1.29 is 24.2 Å². The summed E-state index contributed by atoms with van der Waals surface area (Å²) in [6, 6.07) is 23.4. The van der Waals surface area contributed by atoms with Crippen molar-refractivity contribution in [1.82, 2.24) is 14.9 Å². The molecule has 0 spiro atoms. The molecule has 3 aromatic carbocycles. The highest BCUT2D eigenvalue weighted by Gasteiger charge is 2.35. The van der Waals surface area contributed by atoms with Crippen molar-refractivity contribution in [3.05, 3.63) is 124 Å². The minimum atomic E-state index is -0.501. The molecule has 5 aromatic rings. The lowest BCUT2D eigenvalue weighted by Gasteiger charge is -2.38. The number of phenols is 1. The summed E-state index contributed by atoms with van der Waals surface area (Å²) in [4.78, 5) is 41.7. The van der Waals surface area contributed by atoms with Crippen LogP contribution in [0.5, 0.6) is 5.75 Å². The third-order valence-corrected chi connectivity index (χ3v) is 11.2. The van der Waals surface area contributed by atoms with Crippen LogP contribution in [0.15, 0.2) is 96.2 Å². The topological polar surface area (TPSA) is 108 Å². The number of methoxy groups -OCH3 is 2. The fourth-order valence-corrected chi connectivity index (χ4v) is 8.18. The lowest BCUT2D eigenvalue weighted by atomic mass is 9.79. The average Bonchev–Trinajstić information content (AvgIpc) is 3.88. The zero-order valence-corrected chi connectivity index (χ0v) is 34.7. The van der Waals surface area contributed by atoms with E-state index in [-0.39, 0.29) is 16.6 Å². The van der Waals surface area contributed by atoms with Gasteiger partial charge in [-0.1, -0.05) is 114 Å². The van der Waals surface area contributed by atoms with Gasteiger partial charge in [0.15, 0.2) is 0 Å². The van der Waals surface area contributed by atoms with Crippen LogP contribution < -0.4 is 9.80 Å². The monoisotopic (exact) mass is 783 g/mol. The highest BCUT2D eigenvalue weighted by Crippen LogP contribution is 2.39. The van der Waals surface area contributed by atoms with Gasteiger partial charge in [0.2, 0.25) is 0 Å². The van der Waals surface area contributed by atoms with Gasteiger partial charge in [-0.05, 0) is 45.9 Å².